The van der Waals surface area contributed by atoms with Gasteiger partial charge in [0.25, 0.3) is 0 Å². The van der Waals surface area contributed by atoms with Crippen molar-refractivity contribution < 1.29 is 0 Å². The van der Waals surface area contributed by atoms with Crippen LogP contribution in [0.5, 0.6) is 0 Å². The Morgan fingerprint density at radius 2 is 1.94 bits per heavy atom. The highest BCUT2D eigenvalue weighted by molar-refractivity contribution is 5.24. The van der Waals surface area contributed by atoms with Crippen molar-refractivity contribution in [3.63, 3.8) is 0 Å². The molecule has 1 heterocycles. The van der Waals surface area contributed by atoms with Gasteiger partial charge in [0, 0.05) is 30.3 Å². The molecule has 0 radical (unpaired) electrons. The van der Waals surface area contributed by atoms with E-state index in [2.05, 4.69) is 49.4 Å². The monoisotopic (exact) mass is 243 g/mol. The van der Waals surface area contributed by atoms with Gasteiger partial charge in [0.1, 0.15) is 0 Å². The first-order valence-electron chi connectivity index (χ1n) is 6.55. The zero-order valence-electron chi connectivity index (χ0n) is 11.1. The molecule has 2 aromatic rings. The molecule has 2 N–H and O–H groups in total. The number of aromatic nitrogens is 2. The molecule has 1 aromatic heterocycles. The fourth-order valence-electron chi connectivity index (χ4n) is 2.16. The Balaban J connectivity index is 2.12. The maximum Gasteiger partial charge on any atom is 0.0537 e. The maximum atomic E-state index is 6.33. The van der Waals surface area contributed by atoms with Gasteiger partial charge in [0.2, 0.25) is 0 Å². The smallest absolute Gasteiger partial charge is 0.0537 e. The number of aryl methyl sites for hydroxylation is 1. The number of hydrogen-bond donors (Lipinski definition) is 1. The minimum Gasteiger partial charge on any atom is -0.323 e. The highest BCUT2D eigenvalue weighted by atomic mass is 15.3. The Morgan fingerprint density at radius 3 is 2.61 bits per heavy atom. The normalized spacial score (nSPS) is 14.4. The second-order valence-corrected chi connectivity index (χ2v) is 4.76. The molecule has 0 amide bonds. The molecule has 1 aromatic carbocycles. The van der Waals surface area contributed by atoms with Crippen LogP contribution in [0.15, 0.2) is 42.7 Å². The van der Waals surface area contributed by atoms with Crippen LogP contribution in [-0.2, 0) is 6.54 Å². The fraction of sp³-hybridized carbons (Fsp3) is 0.400. The highest BCUT2D eigenvalue weighted by Gasteiger charge is 2.17. The molecule has 0 aliphatic carbocycles. The summed E-state index contributed by atoms with van der Waals surface area (Å²) in [6.45, 7) is 5.26. The first-order valence-corrected chi connectivity index (χ1v) is 6.55. The lowest BCUT2D eigenvalue weighted by atomic mass is 9.91. The van der Waals surface area contributed by atoms with E-state index >= 15 is 0 Å². The zero-order chi connectivity index (χ0) is 13.0. The third kappa shape index (κ3) is 2.79. The van der Waals surface area contributed by atoms with Crippen LogP contribution in [-0.4, -0.2) is 9.78 Å². The van der Waals surface area contributed by atoms with Gasteiger partial charge in [-0.3, -0.25) is 4.68 Å². The van der Waals surface area contributed by atoms with Gasteiger partial charge in [0.05, 0.1) is 6.20 Å². The van der Waals surface area contributed by atoms with Crippen molar-refractivity contribution in [2.75, 3.05) is 0 Å². The third-order valence-electron chi connectivity index (χ3n) is 3.35. The Kier molecular flexibility index (Phi) is 4.15. The van der Waals surface area contributed by atoms with Crippen molar-refractivity contribution in [2.24, 2.45) is 5.73 Å². The van der Waals surface area contributed by atoms with E-state index in [-0.39, 0.29) is 6.04 Å². The van der Waals surface area contributed by atoms with Crippen LogP contribution in [0.25, 0.3) is 0 Å². The van der Waals surface area contributed by atoms with Crippen LogP contribution >= 0.6 is 0 Å². The summed E-state index contributed by atoms with van der Waals surface area (Å²) in [4.78, 5) is 0. The molecule has 2 rings (SSSR count). The predicted octanol–water partition coefficient (Wildman–Crippen LogP) is 3.10. The summed E-state index contributed by atoms with van der Waals surface area (Å²) in [7, 11) is 0. The molecule has 0 saturated heterocycles. The van der Waals surface area contributed by atoms with Gasteiger partial charge >= 0.3 is 0 Å². The largest absolute Gasteiger partial charge is 0.323 e. The number of nitrogens with zero attached hydrogens (tertiary/aromatic N) is 2. The van der Waals surface area contributed by atoms with Crippen molar-refractivity contribution in [3.8, 4) is 0 Å². The highest BCUT2D eigenvalue weighted by Crippen LogP contribution is 2.27. The van der Waals surface area contributed by atoms with Crippen molar-refractivity contribution in [1.29, 1.82) is 0 Å². The van der Waals surface area contributed by atoms with Gasteiger partial charge < -0.3 is 5.73 Å². The van der Waals surface area contributed by atoms with E-state index in [1.54, 1.807) is 0 Å². The van der Waals surface area contributed by atoms with Crippen molar-refractivity contribution >= 4 is 0 Å². The van der Waals surface area contributed by atoms with Gasteiger partial charge in [-0.05, 0) is 12.0 Å². The van der Waals surface area contributed by atoms with Gasteiger partial charge in [-0.25, -0.2) is 0 Å². The Morgan fingerprint density at radius 1 is 1.22 bits per heavy atom. The molecule has 0 aliphatic heterocycles. The molecule has 0 aliphatic rings. The van der Waals surface area contributed by atoms with Gasteiger partial charge in [0.15, 0.2) is 0 Å². The van der Waals surface area contributed by atoms with E-state index in [9.17, 15) is 0 Å². The Bertz CT molecular complexity index is 475. The summed E-state index contributed by atoms with van der Waals surface area (Å²) in [5, 5.41) is 4.34. The van der Waals surface area contributed by atoms with E-state index in [0.29, 0.717) is 5.92 Å². The SMILES string of the molecule is CCCn1cc(C(N)C(C)c2ccccc2)cn1. The lowest BCUT2D eigenvalue weighted by molar-refractivity contribution is 0.586. The van der Waals surface area contributed by atoms with Gasteiger partial charge in [-0.15, -0.1) is 0 Å². The summed E-state index contributed by atoms with van der Waals surface area (Å²) in [6.07, 6.45) is 5.04. The Hall–Kier alpha value is -1.61. The molecule has 3 heteroatoms. The summed E-state index contributed by atoms with van der Waals surface area (Å²) in [5.41, 5.74) is 8.71. The molecule has 18 heavy (non-hydrogen) atoms. The van der Waals surface area contributed by atoms with Crippen molar-refractivity contribution in [3.05, 3.63) is 53.9 Å². The summed E-state index contributed by atoms with van der Waals surface area (Å²) >= 11 is 0. The summed E-state index contributed by atoms with van der Waals surface area (Å²) in [5.74, 6) is 0.297. The van der Waals surface area contributed by atoms with Crippen molar-refractivity contribution in [2.45, 2.75) is 38.8 Å². The van der Waals surface area contributed by atoms with Crippen LogP contribution < -0.4 is 5.73 Å². The first kappa shape index (κ1) is 12.8. The second-order valence-electron chi connectivity index (χ2n) is 4.76. The Labute approximate surface area is 109 Å². The second kappa shape index (κ2) is 5.83. The molecular formula is C15H21N3. The third-order valence-corrected chi connectivity index (χ3v) is 3.35. The molecular weight excluding hydrogens is 222 g/mol. The molecule has 0 bridgehead atoms. The van der Waals surface area contributed by atoms with E-state index in [1.165, 1.54) is 5.56 Å². The maximum absolute atomic E-state index is 6.33. The predicted molar refractivity (Wildman–Crippen MR) is 74.3 cm³/mol. The van der Waals surface area contributed by atoms with Crippen LogP contribution in [0.4, 0.5) is 0 Å². The quantitative estimate of drug-likeness (QED) is 0.877. The molecule has 2 atom stereocenters. The molecule has 2 unspecified atom stereocenters. The number of rotatable bonds is 5. The summed E-state index contributed by atoms with van der Waals surface area (Å²) in [6, 6.07) is 10.4. The van der Waals surface area contributed by atoms with Crippen LogP contribution in [0.2, 0.25) is 0 Å². The molecule has 0 fully saturated rings. The van der Waals surface area contributed by atoms with E-state index < -0.39 is 0 Å². The molecule has 0 saturated carbocycles. The minimum atomic E-state index is -0.00185. The average molecular weight is 243 g/mol. The standard InChI is InChI=1S/C15H21N3/c1-3-9-18-11-14(10-17-18)15(16)12(2)13-7-5-4-6-8-13/h4-8,10-12,15H,3,9,16H2,1-2H3. The average Bonchev–Trinajstić information content (AvgIpc) is 2.87. The van der Waals surface area contributed by atoms with E-state index in [0.717, 1.165) is 18.5 Å². The van der Waals surface area contributed by atoms with E-state index in [1.807, 2.05) is 16.9 Å². The lowest BCUT2D eigenvalue weighted by Gasteiger charge is -2.19. The van der Waals surface area contributed by atoms with Gasteiger partial charge in [-0.2, -0.15) is 5.10 Å². The first-order chi connectivity index (χ1) is 8.72. The van der Waals surface area contributed by atoms with Crippen molar-refractivity contribution in [1.82, 2.24) is 9.78 Å². The van der Waals surface area contributed by atoms with E-state index in [4.69, 9.17) is 5.73 Å². The van der Waals surface area contributed by atoms with Crippen LogP contribution in [0.3, 0.4) is 0 Å². The fourth-order valence-corrected chi connectivity index (χ4v) is 2.16. The number of nitrogens with two attached hydrogens (primary N) is 1. The lowest BCUT2D eigenvalue weighted by Crippen LogP contribution is -2.17. The molecule has 3 nitrogen and oxygen atoms in total. The van der Waals surface area contributed by atoms with Gasteiger partial charge in [-0.1, -0.05) is 44.2 Å². The summed E-state index contributed by atoms with van der Waals surface area (Å²) < 4.78 is 1.97. The number of hydrogen-bond acceptors (Lipinski definition) is 2. The molecule has 0 spiro atoms. The minimum absolute atomic E-state index is 0.00185. The zero-order valence-corrected chi connectivity index (χ0v) is 11.1. The number of benzene rings is 1. The topological polar surface area (TPSA) is 43.8 Å². The molecule has 96 valence electrons. The van der Waals surface area contributed by atoms with Crippen LogP contribution in [0.1, 0.15) is 43.4 Å². The van der Waals surface area contributed by atoms with Crippen LogP contribution in [0, 0.1) is 0 Å².